The van der Waals surface area contributed by atoms with E-state index < -0.39 is 0 Å². The van der Waals surface area contributed by atoms with Crippen LogP contribution >= 0.6 is 0 Å². The summed E-state index contributed by atoms with van der Waals surface area (Å²) in [5, 5.41) is 12.7. The standard InChI is InChI=1S/C27H23N9O/c1-35-15-22(13-31-35)24-9-21-12-30-27(33-23-6-2-4-19(8-23)14-36-18-29-17-32-36)34-25(21)10-26(24)37-16-20-5-3-7-28-11-20/h2-13,15,17-18H,14,16H2,1H3,(H,30,33,34). The first-order valence-corrected chi connectivity index (χ1v) is 11.7. The van der Waals surface area contributed by atoms with Gasteiger partial charge in [-0.15, -0.1) is 0 Å². The number of anilines is 2. The number of fused-ring (bicyclic) bond motifs is 1. The lowest BCUT2D eigenvalue weighted by molar-refractivity contribution is 0.307. The van der Waals surface area contributed by atoms with Crippen LogP contribution in [-0.4, -0.2) is 39.5 Å². The molecule has 0 aliphatic heterocycles. The number of rotatable bonds is 8. The predicted molar refractivity (Wildman–Crippen MR) is 139 cm³/mol. The summed E-state index contributed by atoms with van der Waals surface area (Å²) in [6.07, 6.45) is 12.4. The lowest BCUT2D eigenvalue weighted by atomic mass is 10.1. The molecule has 0 saturated heterocycles. The van der Waals surface area contributed by atoms with Crippen LogP contribution in [0.4, 0.5) is 11.6 Å². The van der Waals surface area contributed by atoms with Crippen molar-refractivity contribution in [1.29, 1.82) is 0 Å². The monoisotopic (exact) mass is 489 g/mol. The highest BCUT2D eigenvalue weighted by atomic mass is 16.5. The Morgan fingerprint density at radius 2 is 1.89 bits per heavy atom. The largest absolute Gasteiger partial charge is 0.488 e. The van der Waals surface area contributed by atoms with E-state index in [9.17, 15) is 0 Å². The number of hydrogen-bond donors (Lipinski definition) is 1. The molecule has 6 rings (SSSR count). The van der Waals surface area contributed by atoms with Crippen molar-refractivity contribution in [2.24, 2.45) is 7.05 Å². The van der Waals surface area contributed by atoms with E-state index in [2.05, 4.69) is 30.5 Å². The molecule has 0 aliphatic rings. The third-order valence-corrected chi connectivity index (χ3v) is 5.81. The van der Waals surface area contributed by atoms with Gasteiger partial charge in [-0.1, -0.05) is 18.2 Å². The van der Waals surface area contributed by atoms with Crippen LogP contribution in [0.2, 0.25) is 0 Å². The summed E-state index contributed by atoms with van der Waals surface area (Å²) >= 11 is 0. The number of nitrogens with zero attached hydrogens (tertiary/aromatic N) is 8. The Hall–Kier alpha value is -5.12. The summed E-state index contributed by atoms with van der Waals surface area (Å²) in [4.78, 5) is 17.5. The zero-order chi connectivity index (χ0) is 25.0. The third-order valence-electron chi connectivity index (χ3n) is 5.81. The molecule has 0 atom stereocenters. The van der Waals surface area contributed by atoms with E-state index in [0.29, 0.717) is 24.8 Å². The van der Waals surface area contributed by atoms with Crippen LogP contribution < -0.4 is 10.1 Å². The molecule has 0 spiro atoms. The predicted octanol–water partition coefficient (Wildman–Crippen LogP) is 4.39. The molecular formula is C27H23N9O. The summed E-state index contributed by atoms with van der Waals surface area (Å²) in [6.45, 7) is 1.02. The van der Waals surface area contributed by atoms with Crippen molar-refractivity contribution in [3.05, 3.63) is 103 Å². The smallest absolute Gasteiger partial charge is 0.227 e. The highest BCUT2D eigenvalue weighted by Crippen LogP contribution is 2.34. The van der Waals surface area contributed by atoms with Crippen LogP contribution in [0.5, 0.6) is 5.75 Å². The number of hydrogen-bond acceptors (Lipinski definition) is 8. The quantitative estimate of drug-likeness (QED) is 0.335. The number of benzene rings is 2. The summed E-state index contributed by atoms with van der Waals surface area (Å²) in [7, 11) is 1.89. The number of nitrogens with one attached hydrogen (secondary N) is 1. The van der Waals surface area contributed by atoms with Crippen molar-refractivity contribution in [2.75, 3.05) is 5.32 Å². The van der Waals surface area contributed by atoms with Gasteiger partial charge in [0.2, 0.25) is 5.95 Å². The van der Waals surface area contributed by atoms with E-state index in [1.165, 1.54) is 6.33 Å². The van der Waals surface area contributed by atoms with Crippen LogP contribution in [-0.2, 0) is 20.2 Å². The molecule has 6 aromatic rings. The summed E-state index contributed by atoms with van der Waals surface area (Å²) < 4.78 is 9.79. The van der Waals surface area contributed by atoms with Gasteiger partial charge < -0.3 is 10.1 Å². The molecule has 0 bridgehead atoms. The Morgan fingerprint density at radius 3 is 2.70 bits per heavy atom. The maximum absolute atomic E-state index is 6.25. The first-order chi connectivity index (χ1) is 18.2. The Bertz CT molecular complexity index is 1650. The van der Waals surface area contributed by atoms with Gasteiger partial charge in [-0.3, -0.25) is 9.67 Å². The van der Waals surface area contributed by atoms with Crippen LogP contribution in [0.3, 0.4) is 0 Å². The van der Waals surface area contributed by atoms with E-state index in [1.807, 2.05) is 74.2 Å². The van der Waals surface area contributed by atoms with Crippen molar-refractivity contribution in [3.8, 4) is 16.9 Å². The van der Waals surface area contributed by atoms with Crippen LogP contribution in [0.15, 0.2) is 92.2 Å². The van der Waals surface area contributed by atoms with Crippen molar-refractivity contribution in [1.82, 2.24) is 39.5 Å². The molecule has 10 heteroatoms. The lowest BCUT2D eigenvalue weighted by Gasteiger charge is -2.13. The van der Waals surface area contributed by atoms with Gasteiger partial charge in [-0.25, -0.2) is 19.6 Å². The van der Waals surface area contributed by atoms with Crippen molar-refractivity contribution >= 4 is 22.5 Å². The topological polar surface area (TPSA) is 108 Å². The van der Waals surface area contributed by atoms with Gasteiger partial charge in [-0.2, -0.15) is 10.2 Å². The second kappa shape index (κ2) is 9.86. The van der Waals surface area contributed by atoms with Gasteiger partial charge >= 0.3 is 0 Å². The number of aromatic nitrogens is 8. The average molecular weight is 490 g/mol. The number of ether oxygens (including phenoxy) is 1. The molecule has 0 fully saturated rings. The highest BCUT2D eigenvalue weighted by Gasteiger charge is 2.13. The van der Waals surface area contributed by atoms with Crippen LogP contribution in [0.25, 0.3) is 22.0 Å². The molecule has 2 aromatic carbocycles. The minimum atomic E-state index is 0.390. The zero-order valence-electron chi connectivity index (χ0n) is 20.1. The van der Waals surface area contributed by atoms with Crippen LogP contribution in [0, 0.1) is 0 Å². The molecule has 4 aromatic heterocycles. The molecule has 182 valence electrons. The van der Waals surface area contributed by atoms with Crippen molar-refractivity contribution in [3.63, 3.8) is 0 Å². The summed E-state index contributed by atoms with van der Waals surface area (Å²) in [5.74, 6) is 1.21. The minimum Gasteiger partial charge on any atom is -0.488 e. The third kappa shape index (κ3) is 5.13. The molecule has 0 saturated carbocycles. The SMILES string of the molecule is Cn1cc(-c2cc3cnc(Nc4cccc(Cn5cncn5)c4)nc3cc2OCc2cccnc2)cn1. The normalized spacial score (nSPS) is 11.1. The van der Waals surface area contributed by atoms with E-state index in [4.69, 9.17) is 9.72 Å². The molecule has 0 amide bonds. The molecule has 0 aliphatic carbocycles. The Kier molecular flexibility index (Phi) is 5.96. The van der Waals surface area contributed by atoms with E-state index in [-0.39, 0.29) is 0 Å². The molecule has 0 unspecified atom stereocenters. The molecule has 10 nitrogen and oxygen atoms in total. The molecular weight excluding hydrogens is 466 g/mol. The molecule has 1 N–H and O–H groups in total. The van der Waals surface area contributed by atoms with Gasteiger partial charge in [0.05, 0.1) is 18.3 Å². The number of aryl methyl sites for hydroxylation is 1. The van der Waals surface area contributed by atoms with Gasteiger partial charge in [-0.05, 0) is 29.8 Å². The maximum Gasteiger partial charge on any atom is 0.227 e. The Labute approximate surface area is 212 Å². The highest BCUT2D eigenvalue weighted by molar-refractivity contribution is 5.88. The van der Waals surface area contributed by atoms with E-state index >= 15 is 0 Å². The molecule has 4 heterocycles. The second-order valence-electron chi connectivity index (χ2n) is 8.57. The fourth-order valence-electron chi connectivity index (χ4n) is 4.05. The first-order valence-electron chi connectivity index (χ1n) is 11.7. The minimum absolute atomic E-state index is 0.390. The van der Waals surface area contributed by atoms with Gasteiger partial charge in [0.25, 0.3) is 0 Å². The van der Waals surface area contributed by atoms with Crippen LogP contribution in [0.1, 0.15) is 11.1 Å². The Balaban J connectivity index is 1.30. The fourth-order valence-corrected chi connectivity index (χ4v) is 4.05. The summed E-state index contributed by atoms with van der Waals surface area (Å²) in [5.41, 5.74) is 5.60. The lowest BCUT2D eigenvalue weighted by Crippen LogP contribution is -2.02. The molecule has 0 radical (unpaired) electrons. The fraction of sp³-hybridized carbons (Fsp3) is 0.111. The zero-order valence-corrected chi connectivity index (χ0v) is 20.1. The Morgan fingerprint density at radius 1 is 0.946 bits per heavy atom. The van der Waals surface area contributed by atoms with Gasteiger partial charge in [0, 0.05) is 65.7 Å². The van der Waals surface area contributed by atoms with Crippen molar-refractivity contribution in [2.45, 2.75) is 13.2 Å². The second-order valence-corrected chi connectivity index (χ2v) is 8.57. The average Bonchev–Trinajstić information content (AvgIpc) is 3.59. The molecule has 37 heavy (non-hydrogen) atoms. The van der Waals surface area contributed by atoms with E-state index in [0.717, 1.165) is 38.8 Å². The maximum atomic E-state index is 6.25. The summed E-state index contributed by atoms with van der Waals surface area (Å²) in [6, 6.07) is 15.9. The van der Waals surface area contributed by atoms with Crippen molar-refractivity contribution < 1.29 is 4.74 Å². The first kappa shape index (κ1) is 22.4. The van der Waals surface area contributed by atoms with Gasteiger partial charge in [0.15, 0.2) is 0 Å². The van der Waals surface area contributed by atoms with E-state index in [1.54, 1.807) is 28.1 Å². The number of pyridine rings is 1. The van der Waals surface area contributed by atoms with Gasteiger partial charge in [0.1, 0.15) is 25.0 Å².